The number of fused-ring (bicyclic) bond motifs is 1. The monoisotopic (exact) mass is 504 g/mol. The first kappa shape index (κ1) is 24.0. The van der Waals surface area contributed by atoms with Crippen molar-refractivity contribution in [2.24, 2.45) is 0 Å². The molecule has 0 bridgehead atoms. The Morgan fingerprint density at radius 2 is 1.97 bits per heavy atom. The van der Waals surface area contributed by atoms with Gasteiger partial charge >= 0.3 is 0 Å². The summed E-state index contributed by atoms with van der Waals surface area (Å²) >= 11 is 13.1. The lowest BCUT2D eigenvalue weighted by molar-refractivity contribution is -0.127. The maximum atomic E-state index is 13.4. The summed E-state index contributed by atoms with van der Waals surface area (Å²) in [7, 11) is 3.04. The summed E-state index contributed by atoms with van der Waals surface area (Å²) in [5.74, 6) is 1.00. The van der Waals surface area contributed by atoms with Crippen LogP contribution < -0.4 is 14.8 Å². The quantitative estimate of drug-likeness (QED) is 0.448. The van der Waals surface area contributed by atoms with Crippen LogP contribution in [0.15, 0.2) is 43.1 Å². The number of hydrogen-bond acceptors (Lipinski definition) is 6. The summed E-state index contributed by atoms with van der Waals surface area (Å²) in [5, 5.41) is 4.72. The molecule has 0 spiro atoms. The molecule has 178 valence electrons. The number of halogens is 3. The normalized spacial score (nSPS) is 17.6. The number of benzene rings is 2. The predicted molar refractivity (Wildman–Crippen MR) is 132 cm³/mol. The zero-order chi connectivity index (χ0) is 24.4. The van der Waals surface area contributed by atoms with Crippen LogP contribution in [0.2, 0.25) is 10.0 Å². The Balaban J connectivity index is 1.62. The van der Waals surface area contributed by atoms with Gasteiger partial charge in [0.15, 0.2) is 0 Å². The molecule has 2 aromatic carbocycles. The van der Waals surface area contributed by atoms with Crippen LogP contribution in [-0.2, 0) is 4.79 Å². The molecular formula is C24H23Cl2FN4O3. The molecule has 1 aromatic heterocycles. The van der Waals surface area contributed by atoms with E-state index in [0.29, 0.717) is 51.5 Å². The maximum Gasteiger partial charge on any atom is 0.246 e. The molecule has 0 aliphatic carbocycles. The Hall–Kier alpha value is -3.10. The fraction of sp³-hybridized carbons (Fsp3) is 0.292. The van der Waals surface area contributed by atoms with E-state index in [0.717, 1.165) is 10.9 Å². The van der Waals surface area contributed by atoms with Crippen LogP contribution in [0.1, 0.15) is 6.42 Å². The molecule has 1 aliphatic rings. The van der Waals surface area contributed by atoms with E-state index in [9.17, 15) is 9.18 Å². The standard InChI is InChI=1S/C24H23Cl2FN4O3/c1-4-20(32)31-12-15(8-16(31)10-27)29-24-28-11-14-7-13(5-6-17(14)30-24)21-22(25)18(33-2)9-19(34-3)23(21)26/h4-7,9,11,15-16H,1,8,10,12H2,2-3H3,(H,28,29,30)/t15-,16-/m0/s1. The third-order valence-corrected chi connectivity index (χ3v) is 6.58. The van der Waals surface area contributed by atoms with Gasteiger partial charge in [-0.25, -0.2) is 14.4 Å². The molecule has 1 N–H and O–H groups in total. The number of nitrogens with one attached hydrogen (secondary N) is 1. The highest BCUT2D eigenvalue weighted by Crippen LogP contribution is 2.46. The fourth-order valence-electron chi connectivity index (χ4n) is 4.13. The number of methoxy groups -OCH3 is 2. The molecule has 0 unspecified atom stereocenters. The lowest BCUT2D eigenvalue weighted by Crippen LogP contribution is -2.36. The van der Waals surface area contributed by atoms with Gasteiger partial charge in [0, 0.05) is 35.8 Å². The number of likely N-dealkylation sites (tertiary alicyclic amines) is 1. The molecule has 10 heteroatoms. The van der Waals surface area contributed by atoms with Crippen molar-refractivity contribution >= 4 is 46.0 Å². The lowest BCUT2D eigenvalue weighted by atomic mass is 10.0. The summed E-state index contributed by atoms with van der Waals surface area (Å²) < 4.78 is 24.1. The van der Waals surface area contributed by atoms with Crippen molar-refractivity contribution in [3.8, 4) is 22.6 Å². The van der Waals surface area contributed by atoms with Crippen LogP contribution >= 0.6 is 23.2 Å². The molecule has 1 aliphatic heterocycles. The van der Waals surface area contributed by atoms with Gasteiger partial charge in [-0.05, 0) is 30.2 Å². The van der Waals surface area contributed by atoms with Gasteiger partial charge in [0.25, 0.3) is 0 Å². The van der Waals surface area contributed by atoms with Gasteiger partial charge in [-0.1, -0.05) is 35.8 Å². The van der Waals surface area contributed by atoms with Crippen LogP contribution in [-0.4, -0.2) is 60.3 Å². The minimum atomic E-state index is -0.612. The van der Waals surface area contributed by atoms with E-state index in [2.05, 4.69) is 21.9 Å². The van der Waals surface area contributed by atoms with Gasteiger partial charge in [0.05, 0.1) is 35.8 Å². The number of carbonyl (C=O) groups is 1. The summed E-state index contributed by atoms with van der Waals surface area (Å²) in [6, 6.07) is 6.55. The van der Waals surface area contributed by atoms with E-state index < -0.39 is 12.7 Å². The van der Waals surface area contributed by atoms with Crippen molar-refractivity contribution in [3.63, 3.8) is 0 Å². The predicted octanol–water partition coefficient (Wildman–Crippen LogP) is 5.16. The molecule has 2 heterocycles. The minimum absolute atomic E-state index is 0.164. The van der Waals surface area contributed by atoms with E-state index in [-0.39, 0.29) is 11.9 Å². The third kappa shape index (κ3) is 4.48. The number of carbonyl (C=O) groups excluding carboxylic acids is 1. The number of alkyl halides is 1. The number of aromatic nitrogens is 2. The molecule has 0 saturated carbocycles. The Labute approximate surface area is 206 Å². The van der Waals surface area contributed by atoms with E-state index >= 15 is 0 Å². The smallest absolute Gasteiger partial charge is 0.246 e. The van der Waals surface area contributed by atoms with Crippen molar-refractivity contribution in [2.45, 2.75) is 18.5 Å². The summed E-state index contributed by atoms with van der Waals surface area (Å²) in [6.07, 6.45) is 3.35. The number of hydrogen-bond donors (Lipinski definition) is 1. The van der Waals surface area contributed by atoms with Crippen molar-refractivity contribution < 1.29 is 18.7 Å². The zero-order valence-electron chi connectivity index (χ0n) is 18.6. The Morgan fingerprint density at radius 3 is 2.59 bits per heavy atom. The van der Waals surface area contributed by atoms with Crippen LogP contribution in [0.4, 0.5) is 10.3 Å². The second-order valence-corrected chi connectivity index (χ2v) is 8.59. The summed E-state index contributed by atoms with van der Waals surface area (Å²) in [5.41, 5.74) is 2.03. The Kier molecular flexibility index (Phi) is 7.09. The molecule has 2 atom stereocenters. The number of nitrogens with zero attached hydrogens (tertiary/aromatic N) is 3. The molecule has 4 rings (SSSR count). The second-order valence-electron chi connectivity index (χ2n) is 7.83. The number of rotatable bonds is 7. The van der Waals surface area contributed by atoms with Crippen LogP contribution in [0, 0.1) is 0 Å². The van der Waals surface area contributed by atoms with Crippen molar-refractivity contribution in [1.82, 2.24) is 14.9 Å². The highest BCUT2D eigenvalue weighted by Gasteiger charge is 2.34. The first-order valence-corrected chi connectivity index (χ1v) is 11.3. The zero-order valence-corrected chi connectivity index (χ0v) is 20.2. The maximum absolute atomic E-state index is 13.4. The molecule has 7 nitrogen and oxygen atoms in total. The molecule has 1 saturated heterocycles. The van der Waals surface area contributed by atoms with Crippen LogP contribution in [0.3, 0.4) is 0 Å². The first-order valence-electron chi connectivity index (χ1n) is 10.5. The van der Waals surface area contributed by atoms with E-state index in [1.165, 1.54) is 25.2 Å². The molecule has 1 fully saturated rings. The molecular weight excluding hydrogens is 482 g/mol. The third-order valence-electron chi connectivity index (χ3n) is 5.83. The fourth-order valence-corrected chi connectivity index (χ4v) is 4.85. The molecule has 0 radical (unpaired) electrons. The minimum Gasteiger partial charge on any atom is -0.495 e. The number of anilines is 1. The largest absolute Gasteiger partial charge is 0.495 e. The van der Waals surface area contributed by atoms with Crippen molar-refractivity contribution in [2.75, 3.05) is 32.8 Å². The SMILES string of the molecule is C=CC(=O)N1C[C@@H](Nc2ncc3cc(-c4c(Cl)c(OC)cc(OC)c4Cl)ccc3n2)C[C@H]1CF. The summed E-state index contributed by atoms with van der Waals surface area (Å²) in [4.78, 5) is 22.4. The highest BCUT2D eigenvalue weighted by atomic mass is 35.5. The van der Waals surface area contributed by atoms with E-state index in [1.807, 2.05) is 18.2 Å². The highest BCUT2D eigenvalue weighted by molar-refractivity contribution is 6.41. The van der Waals surface area contributed by atoms with Crippen LogP contribution in [0.5, 0.6) is 11.5 Å². The Morgan fingerprint density at radius 1 is 1.26 bits per heavy atom. The van der Waals surface area contributed by atoms with Gasteiger partial charge in [-0.2, -0.15) is 0 Å². The van der Waals surface area contributed by atoms with Gasteiger partial charge < -0.3 is 19.7 Å². The number of amides is 1. The van der Waals surface area contributed by atoms with E-state index in [1.54, 1.807) is 12.3 Å². The molecule has 3 aromatic rings. The van der Waals surface area contributed by atoms with E-state index in [4.69, 9.17) is 32.7 Å². The average molecular weight is 505 g/mol. The first-order chi connectivity index (χ1) is 16.4. The van der Waals surface area contributed by atoms with Crippen LogP contribution in [0.25, 0.3) is 22.0 Å². The van der Waals surface area contributed by atoms with Gasteiger partial charge in [-0.3, -0.25) is 4.79 Å². The van der Waals surface area contributed by atoms with Gasteiger partial charge in [0.1, 0.15) is 18.2 Å². The molecule has 34 heavy (non-hydrogen) atoms. The van der Waals surface area contributed by atoms with Gasteiger partial charge in [0.2, 0.25) is 11.9 Å². The second kappa shape index (κ2) is 10.0. The van der Waals surface area contributed by atoms with Crippen molar-refractivity contribution in [3.05, 3.63) is 53.2 Å². The molecule has 1 amide bonds. The average Bonchev–Trinajstić information content (AvgIpc) is 3.26. The summed E-state index contributed by atoms with van der Waals surface area (Å²) in [6.45, 7) is 3.23. The van der Waals surface area contributed by atoms with Crippen molar-refractivity contribution in [1.29, 1.82) is 0 Å². The topological polar surface area (TPSA) is 76.6 Å². The lowest BCUT2D eigenvalue weighted by Gasteiger charge is -2.20. The Bertz CT molecular complexity index is 1230. The van der Waals surface area contributed by atoms with Gasteiger partial charge in [-0.15, -0.1) is 0 Å². The number of ether oxygens (including phenoxy) is 2.